The molecule has 2 saturated carbocycles. The van der Waals surface area contributed by atoms with Crippen LogP contribution in [0.1, 0.15) is 44.1 Å². The zero-order valence-electron chi connectivity index (χ0n) is 12.8. The van der Waals surface area contributed by atoms with Crippen LogP contribution in [0.5, 0.6) is 0 Å². The van der Waals surface area contributed by atoms with Gasteiger partial charge in [0.05, 0.1) is 12.2 Å². The van der Waals surface area contributed by atoms with Crippen LogP contribution in [-0.2, 0) is 13.1 Å². The maximum Gasteiger partial charge on any atom is 0.151 e. The average Bonchev–Trinajstić information content (AvgIpc) is 3.12. The fraction of sp³-hybridized carbons (Fsp3) is 0.812. The summed E-state index contributed by atoms with van der Waals surface area (Å²) in [6, 6.07) is 2.08. The molecule has 0 amide bonds. The number of aromatic nitrogens is 1. The number of nitrogens with zero attached hydrogens (tertiary/aromatic N) is 2. The van der Waals surface area contributed by atoms with Gasteiger partial charge < -0.3 is 9.84 Å². The van der Waals surface area contributed by atoms with Gasteiger partial charge in [-0.25, -0.2) is 0 Å². The Balaban J connectivity index is 1.46. The van der Waals surface area contributed by atoms with Crippen molar-refractivity contribution in [3.05, 3.63) is 17.5 Å². The Morgan fingerprint density at radius 3 is 3.00 bits per heavy atom. The van der Waals surface area contributed by atoms with Crippen LogP contribution in [-0.4, -0.2) is 30.2 Å². The first-order valence-corrected chi connectivity index (χ1v) is 8.08. The number of hydrogen-bond donors (Lipinski definition) is 1. The van der Waals surface area contributed by atoms with Gasteiger partial charge in [-0.1, -0.05) is 18.5 Å². The number of rotatable bonds is 7. The van der Waals surface area contributed by atoms with Gasteiger partial charge >= 0.3 is 0 Å². The molecule has 0 aliphatic heterocycles. The van der Waals surface area contributed by atoms with Crippen molar-refractivity contribution in [2.45, 2.75) is 45.7 Å². The Morgan fingerprint density at radius 2 is 2.30 bits per heavy atom. The SMILES string of the molecule is CCNCc1cc(CN(C)CC2CC3CCC2C3)on1. The second-order valence-corrected chi connectivity index (χ2v) is 6.70. The van der Waals surface area contributed by atoms with Gasteiger partial charge in [0, 0.05) is 19.2 Å². The first kappa shape index (κ1) is 14.1. The molecule has 2 aliphatic carbocycles. The van der Waals surface area contributed by atoms with E-state index in [0.717, 1.165) is 48.8 Å². The summed E-state index contributed by atoms with van der Waals surface area (Å²) in [4.78, 5) is 2.41. The van der Waals surface area contributed by atoms with E-state index in [2.05, 4.69) is 35.4 Å². The van der Waals surface area contributed by atoms with Crippen LogP contribution in [0.4, 0.5) is 0 Å². The third-order valence-corrected chi connectivity index (χ3v) is 5.02. The van der Waals surface area contributed by atoms with Crippen molar-refractivity contribution in [3.8, 4) is 0 Å². The fourth-order valence-electron chi connectivity index (χ4n) is 4.10. The van der Waals surface area contributed by atoms with Gasteiger partial charge in [0.1, 0.15) is 0 Å². The van der Waals surface area contributed by atoms with Crippen molar-refractivity contribution in [2.24, 2.45) is 17.8 Å². The van der Waals surface area contributed by atoms with Crippen molar-refractivity contribution >= 4 is 0 Å². The van der Waals surface area contributed by atoms with Crippen molar-refractivity contribution in [1.82, 2.24) is 15.4 Å². The van der Waals surface area contributed by atoms with E-state index < -0.39 is 0 Å². The molecular formula is C16H27N3O. The Labute approximate surface area is 121 Å². The molecule has 0 radical (unpaired) electrons. The summed E-state index contributed by atoms with van der Waals surface area (Å²) in [5, 5.41) is 7.38. The number of fused-ring (bicyclic) bond motifs is 2. The minimum atomic E-state index is 0.802. The summed E-state index contributed by atoms with van der Waals surface area (Å²) in [6.45, 7) is 5.96. The second kappa shape index (κ2) is 6.27. The van der Waals surface area contributed by atoms with Gasteiger partial charge in [-0.15, -0.1) is 0 Å². The van der Waals surface area contributed by atoms with Crippen LogP contribution in [0.25, 0.3) is 0 Å². The van der Waals surface area contributed by atoms with E-state index in [4.69, 9.17) is 4.52 Å². The Morgan fingerprint density at radius 1 is 1.40 bits per heavy atom. The van der Waals surface area contributed by atoms with Crippen LogP contribution in [0.15, 0.2) is 10.6 Å². The molecule has 1 aromatic rings. The molecular weight excluding hydrogens is 250 g/mol. The van der Waals surface area contributed by atoms with E-state index in [-0.39, 0.29) is 0 Å². The lowest BCUT2D eigenvalue weighted by atomic mass is 9.88. The highest BCUT2D eigenvalue weighted by molar-refractivity contribution is 5.05. The molecule has 1 heterocycles. The van der Waals surface area contributed by atoms with Gasteiger partial charge in [-0.05, 0) is 50.6 Å². The predicted molar refractivity (Wildman–Crippen MR) is 79.2 cm³/mol. The van der Waals surface area contributed by atoms with E-state index in [1.807, 2.05) is 0 Å². The molecule has 2 bridgehead atoms. The molecule has 1 N–H and O–H groups in total. The summed E-state index contributed by atoms with van der Waals surface area (Å²) in [6.07, 6.45) is 5.91. The van der Waals surface area contributed by atoms with E-state index >= 15 is 0 Å². The predicted octanol–water partition coefficient (Wildman–Crippen LogP) is 2.65. The molecule has 2 aliphatic rings. The summed E-state index contributed by atoms with van der Waals surface area (Å²) < 4.78 is 5.43. The van der Waals surface area contributed by atoms with Crippen LogP contribution in [0, 0.1) is 17.8 Å². The standard InChI is InChI=1S/C16H27N3O/c1-3-17-9-15-8-16(20-18-15)11-19(2)10-14-7-12-4-5-13(14)6-12/h8,12-14,17H,3-7,9-11H2,1-2H3. The van der Waals surface area contributed by atoms with Crippen LogP contribution < -0.4 is 5.32 Å². The third-order valence-electron chi connectivity index (χ3n) is 5.02. The number of nitrogens with one attached hydrogen (secondary N) is 1. The molecule has 4 heteroatoms. The summed E-state index contributed by atoms with van der Waals surface area (Å²) in [5.41, 5.74) is 1.01. The Bertz CT molecular complexity index is 431. The third kappa shape index (κ3) is 3.23. The lowest BCUT2D eigenvalue weighted by Crippen LogP contribution is -2.28. The smallest absolute Gasteiger partial charge is 0.151 e. The van der Waals surface area contributed by atoms with E-state index in [0.29, 0.717) is 0 Å². The Kier molecular flexibility index (Phi) is 4.41. The maximum absolute atomic E-state index is 5.43. The molecule has 20 heavy (non-hydrogen) atoms. The van der Waals surface area contributed by atoms with Gasteiger partial charge in [-0.3, -0.25) is 4.90 Å². The molecule has 112 valence electrons. The van der Waals surface area contributed by atoms with Gasteiger partial charge in [0.25, 0.3) is 0 Å². The molecule has 2 fully saturated rings. The van der Waals surface area contributed by atoms with E-state index in [9.17, 15) is 0 Å². The zero-order valence-corrected chi connectivity index (χ0v) is 12.8. The summed E-state index contributed by atoms with van der Waals surface area (Å²) >= 11 is 0. The quantitative estimate of drug-likeness (QED) is 0.832. The highest BCUT2D eigenvalue weighted by Gasteiger charge is 2.39. The molecule has 0 spiro atoms. The molecule has 3 rings (SSSR count). The van der Waals surface area contributed by atoms with Crippen molar-refractivity contribution < 1.29 is 4.52 Å². The lowest BCUT2D eigenvalue weighted by Gasteiger charge is -2.26. The number of hydrogen-bond acceptors (Lipinski definition) is 4. The maximum atomic E-state index is 5.43. The van der Waals surface area contributed by atoms with Crippen LogP contribution in [0.3, 0.4) is 0 Å². The highest BCUT2D eigenvalue weighted by atomic mass is 16.5. The van der Waals surface area contributed by atoms with E-state index in [1.165, 1.54) is 32.2 Å². The average molecular weight is 277 g/mol. The summed E-state index contributed by atoms with van der Waals surface area (Å²) in [5.74, 6) is 3.95. The zero-order chi connectivity index (χ0) is 13.9. The summed E-state index contributed by atoms with van der Waals surface area (Å²) in [7, 11) is 2.21. The van der Waals surface area contributed by atoms with Crippen molar-refractivity contribution in [3.63, 3.8) is 0 Å². The minimum Gasteiger partial charge on any atom is -0.360 e. The van der Waals surface area contributed by atoms with Crippen molar-refractivity contribution in [2.75, 3.05) is 20.1 Å². The Hall–Kier alpha value is -0.870. The minimum absolute atomic E-state index is 0.802. The molecule has 0 saturated heterocycles. The molecule has 3 unspecified atom stereocenters. The molecule has 4 nitrogen and oxygen atoms in total. The van der Waals surface area contributed by atoms with Crippen LogP contribution in [0.2, 0.25) is 0 Å². The van der Waals surface area contributed by atoms with Gasteiger partial charge in [-0.2, -0.15) is 0 Å². The topological polar surface area (TPSA) is 41.3 Å². The first-order chi connectivity index (χ1) is 9.74. The molecule has 0 aromatic carbocycles. The van der Waals surface area contributed by atoms with E-state index in [1.54, 1.807) is 0 Å². The van der Waals surface area contributed by atoms with Crippen molar-refractivity contribution in [1.29, 1.82) is 0 Å². The molecule has 1 aromatic heterocycles. The van der Waals surface area contributed by atoms with Gasteiger partial charge in [0.2, 0.25) is 0 Å². The molecule has 3 atom stereocenters. The second-order valence-electron chi connectivity index (χ2n) is 6.70. The van der Waals surface area contributed by atoms with Crippen LogP contribution >= 0.6 is 0 Å². The largest absolute Gasteiger partial charge is 0.360 e. The first-order valence-electron chi connectivity index (χ1n) is 8.08. The highest BCUT2D eigenvalue weighted by Crippen LogP contribution is 2.48. The fourth-order valence-corrected chi connectivity index (χ4v) is 4.10. The lowest BCUT2D eigenvalue weighted by molar-refractivity contribution is 0.198. The monoisotopic (exact) mass is 277 g/mol. The van der Waals surface area contributed by atoms with Gasteiger partial charge in [0.15, 0.2) is 5.76 Å². The normalized spacial score (nSPS) is 28.6.